The van der Waals surface area contributed by atoms with E-state index in [0.717, 1.165) is 36.8 Å². The Morgan fingerprint density at radius 1 is 1.26 bits per heavy atom. The number of piperidine rings is 1. The van der Waals surface area contributed by atoms with Gasteiger partial charge in [0.2, 0.25) is 0 Å². The smallest absolute Gasteiger partial charge is 0.191 e. The molecule has 1 aliphatic heterocycles. The predicted molar refractivity (Wildman–Crippen MR) is 141 cm³/mol. The van der Waals surface area contributed by atoms with Gasteiger partial charge in [-0.25, -0.2) is 4.99 Å². The van der Waals surface area contributed by atoms with Gasteiger partial charge in [-0.3, -0.25) is 0 Å². The molecule has 7 heteroatoms. The Hall–Kier alpha value is -1.06. The molecule has 0 amide bonds. The molecular formula is C24H43IN4O2. The summed E-state index contributed by atoms with van der Waals surface area (Å²) in [6.45, 7) is 14.9. The first-order chi connectivity index (χ1) is 14.5. The van der Waals surface area contributed by atoms with Gasteiger partial charge in [-0.2, -0.15) is 0 Å². The average molecular weight is 547 g/mol. The summed E-state index contributed by atoms with van der Waals surface area (Å²) < 4.78 is 11.1. The highest BCUT2D eigenvalue weighted by Gasteiger charge is 2.21. The fraction of sp³-hybridized carbons (Fsp3) is 0.708. The summed E-state index contributed by atoms with van der Waals surface area (Å²) in [5.41, 5.74) is 2.31. The standard InChI is InChI=1S/C24H42N4O2.HI/c1-6-25-24(26-16-21-9-7-12-28(18-21)19(2)3)27-17-22-11-10-20(4)15-23(22)30-14-8-13-29-5;/h10-11,15,19,21H,6-9,12-14,16-18H2,1-5H3,(H2,25,26,27);1H. The van der Waals surface area contributed by atoms with Gasteiger partial charge >= 0.3 is 0 Å². The Morgan fingerprint density at radius 3 is 2.77 bits per heavy atom. The molecule has 0 saturated carbocycles. The van der Waals surface area contributed by atoms with Crippen molar-refractivity contribution >= 4 is 29.9 Å². The molecule has 1 heterocycles. The molecule has 1 saturated heterocycles. The zero-order valence-corrected chi connectivity index (χ0v) is 22.4. The van der Waals surface area contributed by atoms with Gasteiger partial charge in [0.1, 0.15) is 5.75 Å². The van der Waals surface area contributed by atoms with Gasteiger partial charge in [0.15, 0.2) is 5.96 Å². The van der Waals surface area contributed by atoms with Gasteiger partial charge in [-0.1, -0.05) is 12.1 Å². The highest BCUT2D eigenvalue weighted by atomic mass is 127. The van der Waals surface area contributed by atoms with E-state index in [2.05, 4.69) is 61.4 Å². The lowest BCUT2D eigenvalue weighted by Gasteiger charge is -2.35. The first-order valence-corrected chi connectivity index (χ1v) is 11.5. The van der Waals surface area contributed by atoms with Gasteiger partial charge in [0.25, 0.3) is 0 Å². The topological polar surface area (TPSA) is 58.1 Å². The fourth-order valence-electron chi connectivity index (χ4n) is 3.79. The number of aryl methyl sites for hydroxylation is 1. The number of nitrogens with one attached hydrogen (secondary N) is 2. The van der Waals surface area contributed by atoms with E-state index >= 15 is 0 Å². The summed E-state index contributed by atoms with van der Waals surface area (Å²) in [5.74, 6) is 2.47. The Labute approximate surface area is 206 Å². The maximum atomic E-state index is 6.01. The molecule has 0 aliphatic carbocycles. The average Bonchev–Trinajstić information content (AvgIpc) is 2.74. The van der Waals surface area contributed by atoms with Crippen molar-refractivity contribution in [3.8, 4) is 5.75 Å². The third-order valence-electron chi connectivity index (χ3n) is 5.56. The summed E-state index contributed by atoms with van der Waals surface area (Å²) in [6.07, 6.45) is 3.45. The van der Waals surface area contributed by atoms with E-state index in [4.69, 9.17) is 14.5 Å². The van der Waals surface area contributed by atoms with Crippen molar-refractivity contribution in [2.24, 2.45) is 10.9 Å². The zero-order valence-electron chi connectivity index (χ0n) is 20.1. The zero-order chi connectivity index (χ0) is 21.8. The third kappa shape index (κ3) is 10.4. The first-order valence-electron chi connectivity index (χ1n) is 11.5. The van der Waals surface area contributed by atoms with Crippen LogP contribution in [0, 0.1) is 12.8 Å². The van der Waals surface area contributed by atoms with Crippen molar-refractivity contribution < 1.29 is 9.47 Å². The van der Waals surface area contributed by atoms with Gasteiger partial charge in [0.05, 0.1) is 13.2 Å². The number of likely N-dealkylation sites (tertiary alicyclic amines) is 1. The van der Waals surface area contributed by atoms with Crippen LogP contribution in [-0.2, 0) is 11.3 Å². The van der Waals surface area contributed by atoms with Gasteiger partial charge in [-0.15, -0.1) is 24.0 Å². The molecule has 1 atom stereocenters. The van der Waals surface area contributed by atoms with E-state index < -0.39 is 0 Å². The number of rotatable bonds is 11. The van der Waals surface area contributed by atoms with E-state index in [1.807, 2.05) is 0 Å². The van der Waals surface area contributed by atoms with Crippen LogP contribution in [0.4, 0.5) is 0 Å². The number of aliphatic imine (C=N–C) groups is 1. The monoisotopic (exact) mass is 546 g/mol. The molecule has 0 spiro atoms. The lowest BCUT2D eigenvalue weighted by atomic mass is 9.97. The fourth-order valence-corrected chi connectivity index (χ4v) is 3.79. The molecule has 31 heavy (non-hydrogen) atoms. The maximum Gasteiger partial charge on any atom is 0.191 e. The Balaban J connectivity index is 0.00000480. The maximum absolute atomic E-state index is 6.01. The molecule has 0 bridgehead atoms. The molecule has 178 valence electrons. The van der Waals surface area contributed by atoms with Crippen LogP contribution in [0.2, 0.25) is 0 Å². The van der Waals surface area contributed by atoms with Crippen molar-refractivity contribution in [1.29, 1.82) is 0 Å². The van der Waals surface area contributed by atoms with E-state index in [1.165, 1.54) is 31.5 Å². The molecule has 0 radical (unpaired) electrons. The number of halogens is 1. The largest absolute Gasteiger partial charge is 0.493 e. The minimum atomic E-state index is 0. The highest BCUT2D eigenvalue weighted by molar-refractivity contribution is 14.0. The number of guanidine groups is 1. The number of nitrogens with zero attached hydrogens (tertiary/aromatic N) is 2. The summed E-state index contributed by atoms with van der Waals surface area (Å²) in [6, 6.07) is 6.96. The van der Waals surface area contributed by atoms with Crippen LogP contribution in [-0.4, -0.2) is 63.4 Å². The second-order valence-corrected chi connectivity index (χ2v) is 8.48. The van der Waals surface area contributed by atoms with Gasteiger partial charge in [0, 0.05) is 51.4 Å². The van der Waals surface area contributed by atoms with Gasteiger partial charge in [-0.05, 0) is 64.6 Å². The minimum Gasteiger partial charge on any atom is -0.493 e. The quantitative estimate of drug-likeness (QED) is 0.189. The van der Waals surface area contributed by atoms with Crippen LogP contribution in [0.1, 0.15) is 51.2 Å². The number of hydrogen-bond donors (Lipinski definition) is 2. The molecule has 1 unspecified atom stereocenters. The van der Waals surface area contributed by atoms with Crippen molar-refractivity contribution in [2.75, 3.05) is 46.5 Å². The Morgan fingerprint density at radius 2 is 2.06 bits per heavy atom. The van der Waals surface area contributed by atoms with Crippen LogP contribution >= 0.6 is 24.0 Å². The number of hydrogen-bond acceptors (Lipinski definition) is 4. The molecule has 2 N–H and O–H groups in total. The van der Waals surface area contributed by atoms with Crippen molar-refractivity contribution in [2.45, 2.75) is 59.5 Å². The lowest BCUT2D eigenvalue weighted by Crippen LogP contribution is -2.46. The molecule has 2 rings (SSSR count). The SMILES string of the molecule is CCNC(=NCc1ccc(C)cc1OCCCOC)NCC1CCCN(C(C)C)C1.I. The summed E-state index contributed by atoms with van der Waals surface area (Å²) in [4.78, 5) is 7.42. The molecule has 1 aromatic carbocycles. The number of benzene rings is 1. The number of methoxy groups -OCH3 is 1. The van der Waals surface area contributed by atoms with Crippen molar-refractivity contribution in [3.63, 3.8) is 0 Å². The van der Waals surface area contributed by atoms with Crippen molar-refractivity contribution in [1.82, 2.24) is 15.5 Å². The van der Waals surface area contributed by atoms with E-state index in [1.54, 1.807) is 7.11 Å². The van der Waals surface area contributed by atoms with Crippen LogP contribution in [0.25, 0.3) is 0 Å². The number of ether oxygens (including phenoxy) is 2. The predicted octanol–water partition coefficient (Wildman–Crippen LogP) is 4.20. The summed E-state index contributed by atoms with van der Waals surface area (Å²) in [5, 5.41) is 6.95. The van der Waals surface area contributed by atoms with Crippen LogP contribution < -0.4 is 15.4 Å². The molecular weight excluding hydrogens is 503 g/mol. The van der Waals surface area contributed by atoms with E-state index in [-0.39, 0.29) is 24.0 Å². The normalized spacial score (nSPS) is 17.4. The highest BCUT2D eigenvalue weighted by Crippen LogP contribution is 2.22. The van der Waals surface area contributed by atoms with Gasteiger partial charge < -0.3 is 25.0 Å². The molecule has 1 fully saturated rings. The second-order valence-electron chi connectivity index (χ2n) is 8.48. The molecule has 1 aromatic rings. The molecule has 6 nitrogen and oxygen atoms in total. The van der Waals surface area contributed by atoms with Crippen LogP contribution in [0.5, 0.6) is 5.75 Å². The Bertz CT molecular complexity index is 654. The van der Waals surface area contributed by atoms with E-state index in [9.17, 15) is 0 Å². The van der Waals surface area contributed by atoms with Crippen molar-refractivity contribution in [3.05, 3.63) is 29.3 Å². The van der Waals surface area contributed by atoms with Crippen LogP contribution in [0.3, 0.4) is 0 Å². The van der Waals surface area contributed by atoms with E-state index in [0.29, 0.717) is 31.7 Å². The third-order valence-corrected chi connectivity index (χ3v) is 5.56. The first kappa shape index (κ1) is 28.0. The molecule has 0 aromatic heterocycles. The Kier molecular flexibility index (Phi) is 14.2. The van der Waals surface area contributed by atoms with Crippen LogP contribution in [0.15, 0.2) is 23.2 Å². The second kappa shape index (κ2) is 15.7. The summed E-state index contributed by atoms with van der Waals surface area (Å²) in [7, 11) is 1.72. The lowest BCUT2D eigenvalue weighted by molar-refractivity contribution is 0.141. The molecule has 1 aliphatic rings. The minimum absolute atomic E-state index is 0. The summed E-state index contributed by atoms with van der Waals surface area (Å²) >= 11 is 0.